The fourth-order valence-electron chi connectivity index (χ4n) is 2.04. The second kappa shape index (κ2) is 6.96. The van der Waals surface area contributed by atoms with Gasteiger partial charge >= 0.3 is 5.97 Å². The molecule has 1 aromatic carbocycles. The lowest BCUT2D eigenvalue weighted by Gasteiger charge is -2.33. The Morgan fingerprint density at radius 3 is 2.78 bits per heavy atom. The van der Waals surface area contributed by atoms with Gasteiger partial charge in [-0.15, -0.1) is 0 Å². The van der Waals surface area contributed by atoms with Crippen molar-refractivity contribution in [3.05, 3.63) is 30.5 Å². The summed E-state index contributed by atoms with van der Waals surface area (Å²) >= 11 is 0. The van der Waals surface area contributed by atoms with Gasteiger partial charge in [-0.2, -0.15) is 14.0 Å². The van der Waals surface area contributed by atoms with Crippen molar-refractivity contribution in [3.63, 3.8) is 0 Å². The zero-order chi connectivity index (χ0) is 17.0. The maximum atomic E-state index is 11.6. The highest BCUT2D eigenvalue weighted by molar-refractivity contribution is 7.86. The van der Waals surface area contributed by atoms with Gasteiger partial charge in [0.1, 0.15) is 10.6 Å². The van der Waals surface area contributed by atoms with Crippen LogP contribution in [0.2, 0.25) is 0 Å². The average molecular weight is 343 g/mol. The average Bonchev–Trinajstić information content (AvgIpc) is 2.51. The largest absolute Gasteiger partial charge is 0.497 e. The number of carboxylic acids is 1. The van der Waals surface area contributed by atoms with Crippen molar-refractivity contribution in [2.75, 3.05) is 25.2 Å². The second-order valence-corrected chi connectivity index (χ2v) is 6.14. The van der Waals surface area contributed by atoms with Gasteiger partial charge in [-0.05, 0) is 12.1 Å². The molecular weight excluding hydrogens is 326 g/mol. The highest BCUT2D eigenvalue weighted by Crippen LogP contribution is 2.29. The van der Waals surface area contributed by atoms with Crippen molar-refractivity contribution < 1.29 is 27.6 Å². The summed E-state index contributed by atoms with van der Waals surface area (Å²) in [6, 6.07) is 4.23. The second-order valence-electron chi connectivity index (χ2n) is 4.75. The van der Waals surface area contributed by atoms with Crippen LogP contribution in [-0.4, -0.2) is 49.3 Å². The van der Waals surface area contributed by atoms with E-state index in [0.29, 0.717) is 6.54 Å². The lowest BCUT2D eigenvalue weighted by Crippen LogP contribution is -2.51. The summed E-state index contributed by atoms with van der Waals surface area (Å²) in [5.41, 5.74) is 3.06. The SMILES string of the molecule is COc1ccc(N2C=CCN(CCC(=O)O)N2)c(S(=O)(=O)O)c1. The van der Waals surface area contributed by atoms with Crippen LogP contribution in [0.1, 0.15) is 6.42 Å². The lowest BCUT2D eigenvalue weighted by molar-refractivity contribution is -0.137. The van der Waals surface area contributed by atoms with Gasteiger partial charge in [0.2, 0.25) is 0 Å². The highest BCUT2D eigenvalue weighted by atomic mass is 32.2. The Labute approximate surface area is 133 Å². The zero-order valence-corrected chi connectivity index (χ0v) is 13.2. The summed E-state index contributed by atoms with van der Waals surface area (Å²) < 4.78 is 37.6. The molecule has 0 saturated heterocycles. The van der Waals surface area contributed by atoms with Crippen LogP contribution in [0.3, 0.4) is 0 Å². The van der Waals surface area contributed by atoms with Crippen LogP contribution < -0.4 is 15.3 Å². The zero-order valence-electron chi connectivity index (χ0n) is 12.3. The van der Waals surface area contributed by atoms with Crippen LogP contribution in [0.25, 0.3) is 0 Å². The predicted octanol–water partition coefficient (Wildman–Crippen LogP) is 0.472. The Morgan fingerprint density at radius 1 is 1.43 bits per heavy atom. The molecular formula is C13H17N3O6S. The van der Waals surface area contributed by atoms with E-state index >= 15 is 0 Å². The Bertz CT molecular complexity index is 718. The molecule has 0 radical (unpaired) electrons. The first-order chi connectivity index (χ1) is 10.8. The van der Waals surface area contributed by atoms with Gasteiger partial charge in [0, 0.05) is 25.4 Å². The number of nitrogens with zero attached hydrogens (tertiary/aromatic N) is 2. The number of nitrogens with one attached hydrogen (secondary N) is 1. The van der Waals surface area contributed by atoms with Gasteiger partial charge < -0.3 is 9.84 Å². The molecule has 1 aromatic rings. The van der Waals surface area contributed by atoms with E-state index in [-0.39, 0.29) is 29.3 Å². The van der Waals surface area contributed by atoms with Gasteiger partial charge in [-0.25, -0.2) is 5.01 Å². The molecule has 0 fully saturated rings. The number of hydrogen-bond donors (Lipinski definition) is 3. The van der Waals surface area contributed by atoms with E-state index in [0.717, 1.165) is 0 Å². The minimum Gasteiger partial charge on any atom is -0.497 e. The number of benzene rings is 1. The van der Waals surface area contributed by atoms with Crippen LogP contribution >= 0.6 is 0 Å². The summed E-state index contributed by atoms with van der Waals surface area (Å²) in [6.45, 7) is 0.689. The quantitative estimate of drug-likeness (QED) is 0.633. The van der Waals surface area contributed by atoms with E-state index in [2.05, 4.69) is 5.53 Å². The number of anilines is 1. The number of carbonyl (C=O) groups is 1. The molecule has 0 atom stereocenters. The van der Waals surface area contributed by atoms with Gasteiger partial charge in [0.05, 0.1) is 19.2 Å². The first kappa shape index (κ1) is 17.2. The van der Waals surface area contributed by atoms with Crippen LogP contribution in [0, 0.1) is 0 Å². The molecule has 0 aliphatic carbocycles. The molecule has 126 valence electrons. The highest BCUT2D eigenvalue weighted by Gasteiger charge is 2.23. The molecule has 9 nitrogen and oxygen atoms in total. The van der Waals surface area contributed by atoms with Gasteiger partial charge in [0.15, 0.2) is 0 Å². The van der Waals surface area contributed by atoms with Crippen LogP contribution in [0.15, 0.2) is 35.4 Å². The maximum absolute atomic E-state index is 11.6. The first-order valence-corrected chi connectivity index (χ1v) is 8.09. The normalized spacial score (nSPS) is 15.7. The van der Waals surface area contributed by atoms with E-state index in [4.69, 9.17) is 9.84 Å². The molecule has 0 saturated carbocycles. The summed E-state index contributed by atoms with van der Waals surface area (Å²) in [7, 11) is -3.08. The van der Waals surface area contributed by atoms with E-state index in [1.165, 1.54) is 24.3 Å². The standard InChI is InChI=1S/C13H17N3O6S/c1-22-10-3-4-11(12(9-10)23(19,20)21)16-7-2-6-15(14-16)8-5-13(17)18/h2-4,7,9,14H,5-6,8H2,1H3,(H,17,18)(H,19,20,21). The van der Waals surface area contributed by atoms with E-state index in [1.54, 1.807) is 23.4 Å². The Kier molecular flexibility index (Phi) is 5.21. The van der Waals surface area contributed by atoms with Crippen molar-refractivity contribution in [2.45, 2.75) is 11.3 Å². The van der Waals surface area contributed by atoms with E-state index in [1.807, 2.05) is 0 Å². The summed E-state index contributed by atoms with van der Waals surface area (Å²) in [6.07, 6.45) is 3.26. The summed E-state index contributed by atoms with van der Waals surface area (Å²) in [5, 5.41) is 11.7. The third kappa shape index (κ3) is 4.42. The molecule has 2 rings (SSSR count). The van der Waals surface area contributed by atoms with E-state index in [9.17, 15) is 17.8 Å². The van der Waals surface area contributed by atoms with Crippen molar-refractivity contribution in [1.82, 2.24) is 10.5 Å². The molecule has 0 spiro atoms. The number of hydrogen-bond acceptors (Lipinski definition) is 7. The number of methoxy groups -OCH3 is 1. The Hall–Kier alpha value is -2.14. The first-order valence-electron chi connectivity index (χ1n) is 6.65. The maximum Gasteiger partial charge on any atom is 0.304 e. The topological polar surface area (TPSA) is 119 Å². The van der Waals surface area contributed by atoms with Gasteiger partial charge in [-0.3, -0.25) is 14.4 Å². The van der Waals surface area contributed by atoms with Gasteiger partial charge in [-0.1, -0.05) is 6.08 Å². The molecule has 0 unspecified atom stereocenters. The number of carboxylic acid groups (broad SMARTS) is 1. The summed E-state index contributed by atoms with van der Waals surface area (Å²) in [5.74, 6) is -0.652. The fraction of sp³-hybridized carbons (Fsp3) is 0.308. The Morgan fingerprint density at radius 2 is 2.17 bits per heavy atom. The minimum atomic E-state index is -4.47. The molecule has 1 aliphatic heterocycles. The van der Waals surface area contributed by atoms with Crippen LogP contribution in [0.4, 0.5) is 5.69 Å². The van der Waals surface area contributed by atoms with Gasteiger partial charge in [0.25, 0.3) is 10.1 Å². The van der Waals surface area contributed by atoms with Crippen molar-refractivity contribution in [2.24, 2.45) is 0 Å². The molecule has 1 aliphatic rings. The minimum absolute atomic E-state index is 0.0670. The smallest absolute Gasteiger partial charge is 0.304 e. The van der Waals surface area contributed by atoms with E-state index < -0.39 is 16.1 Å². The van der Waals surface area contributed by atoms with Crippen molar-refractivity contribution in [3.8, 4) is 5.75 Å². The third-order valence-electron chi connectivity index (χ3n) is 3.13. The lowest BCUT2D eigenvalue weighted by atomic mass is 10.3. The van der Waals surface area contributed by atoms with Crippen molar-refractivity contribution >= 4 is 21.8 Å². The van der Waals surface area contributed by atoms with Crippen molar-refractivity contribution in [1.29, 1.82) is 0 Å². The predicted molar refractivity (Wildman–Crippen MR) is 81.4 cm³/mol. The molecule has 3 N–H and O–H groups in total. The monoisotopic (exact) mass is 343 g/mol. The molecule has 1 heterocycles. The molecule has 0 aromatic heterocycles. The molecule has 0 amide bonds. The number of aliphatic carboxylic acids is 1. The Balaban J connectivity index is 2.29. The number of hydrazine groups is 2. The van der Waals surface area contributed by atoms with Crippen LogP contribution in [-0.2, 0) is 14.9 Å². The number of rotatable bonds is 6. The molecule has 10 heteroatoms. The fourth-order valence-corrected chi connectivity index (χ4v) is 2.74. The summed E-state index contributed by atoms with van der Waals surface area (Å²) in [4.78, 5) is 10.3. The molecule has 0 bridgehead atoms. The molecule has 23 heavy (non-hydrogen) atoms. The number of ether oxygens (including phenoxy) is 1. The van der Waals surface area contributed by atoms with Crippen LogP contribution in [0.5, 0.6) is 5.75 Å². The third-order valence-corrected chi connectivity index (χ3v) is 4.01.